The summed E-state index contributed by atoms with van der Waals surface area (Å²) in [6.07, 6.45) is 1.87. The zero-order chi connectivity index (χ0) is 11.8. The van der Waals surface area contributed by atoms with Crippen LogP contribution in [0.3, 0.4) is 0 Å². The van der Waals surface area contributed by atoms with Gasteiger partial charge in [0.2, 0.25) is 5.91 Å². The van der Waals surface area contributed by atoms with Gasteiger partial charge in [0.15, 0.2) is 0 Å². The Hall–Kier alpha value is -0.650. The molecule has 0 aliphatic carbocycles. The van der Waals surface area contributed by atoms with Gasteiger partial charge in [-0.1, -0.05) is 0 Å². The summed E-state index contributed by atoms with van der Waals surface area (Å²) in [5.74, 6) is 0.0578. The standard InChI is InChI=1S/C11H21NO4/c1-2-15-9-11(14)12-5-3-10(4-6-12)16-8-7-13/h10,13H,2-9H2,1H3. The maximum absolute atomic E-state index is 11.6. The molecule has 0 saturated carbocycles. The Bertz CT molecular complexity index is 202. The number of likely N-dealkylation sites (tertiary alicyclic amines) is 1. The van der Waals surface area contributed by atoms with Crippen LogP contribution < -0.4 is 0 Å². The molecule has 0 aromatic heterocycles. The molecular formula is C11H21NO4. The van der Waals surface area contributed by atoms with Crippen LogP contribution in [0.5, 0.6) is 0 Å². The maximum Gasteiger partial charge on any atom is 0.248 e. The van der Waals surface area contributed by atoms with Gasteiger partial charge < -0.3 is 19.5 Å². The molecule has 1 saturated heterocycles. The maximum atomic E-state index is 11.6. The highest BCUT2D eigenvalue weighted by Gasteiger charge is 2.22. The average Bonchev–Trinajstić information content (AvgIpc) is 2.34. The zero-order valence-electron chi connectivity index (χ0n) is 9.85. The van der Waals surface area contributed by atoms with E-state index in [1.54, 1.807) is 0 Å². The molecule has 0 unspecified atom stereocenters. The Kier molecular flexibility index (Phi) is 6.37. The minimum absolute atomic E-state index is 0.0578. The van der Waals surface area contributed by atoms with Crippen molar-refractivity contribution in [1.29, 1.82) is 0 Å². The Morgan fingerprint density at radius 2 is 2.12 bits per heavy atom. The van der Waals surface area contributed by atoms with Gasteiger partial charge in [0.1, 0.15) is 6.61 Å². The van der Waals surface area contributed by atoms with Crippen LogP contribution in [-0.4, -0.2) is 61.5 Å². The third kappa shape index (κ3) is 4.47. The van der Waals surface area contributed by atoms with Crippen molar-refractivity contribution in [2.45, 2.75) is 25.9 Å². The second-order valence-corrected chi connectivity index (χ2v) is 3.81. The number of rotatable bonds is 6. The molecule has 0 bridgehead atoms. The lowest BCUT2D eigenvalue weighted by molar-refractivity contribution is -0.138. The molecule has 1 fully saturated rings. The van der Waals surface area contributed by atoms with Gasteiger partial charge in [0.25, 0.3) is 0 Å². The summed E-state index contributed by atoms with van der Waals surface area (Å²) >= 11 is 0. The molecule has 1 aliphatic rings. The molecule has 1 N–H and O–H groups in total. The van der Waals surface area contributed by atoms with E-state index in [4.69, 9.17) is 14.6 Å². The predicted octanol–water partition coefficient (Wildman–Crippen LogP) is 0.0228. The highest BCUT2D eigenvalue weighted by atomic mass is 16.5. The fourth-order valence-electron chi connectivity index (χ4n) is 1.77. The van der Waals surface area contributed by atoms with Crippen molar-refractivity contribution in [1.82, 2.24) is 4.90 Å². The molecule has 5 heteroatoms. The topological polar surface area (TPSA) is 59.0 Å². The third-order valence-corrected chi connectivity index (χ3v) is 2.67. The Morgan fingerprint density at radius 1 is 1.44 bits per heavy atom. The van der Waals surface area contributed by atoms with E-state index < -0.39 is 0 Å². The molecule has 0 aromatic rings. The first kappa shape index (κ1) is 13.4. The number of hydrogen-bond acceptors (Lipinski definition) is 4. The molecular weight excluding hydrogens is 210 g/mol. The zero-order valence-corrected chi connectivity index (χ0v) is 9.85. The smallest absolute Gasteiger partial charge is 0.248 e. The quantitative estimate of drug-likeness (QED) is 0.700. The summed E-state index contributed by atoms with van der Waals surface area (Å²) in [7, 11) is 0. The number of ether oxygens (including phenoxy) is 2. The number of carbonyl (C=O) groups excluding carboxylic acids is 1. The van der Waals surface area contributed by atoms with Crippen LogP contribution in [0.1, 0.15) is 19.8 Å². The second kappa shape index (κ2) is 7.60. The van der Waals surface area contributed by atoms with Crippen molar-refractivity contribution in [3.8, 4) is 0 Å². The van der Waals surface area contributed by atoms with Crippen LogP contribution in [0, 0.1) is 0 Å². The van der Waals surface area contributed by atoms with Gasteiger partial charge in [-0.15, -0.1) is 0 Å². The van der Waals surface area contributed by atoms with Crippen molar-refractivity contribution in [3.63, 3.8) is 0 Å². The normalized spacial score (nSPS) is 17.8. The van der Waals surface area contributed by atoms with Crippen LogP contribution >= 0.6 is 0 Å². The van der Waals surface area contributed by atoms with Crippen LogP contribution in [0.4, 0.5) is 0 Å². The summed E-state index contributed by atoms with van der Waals surface area (Å²) < 4.78 is 10.5. The SMILES string of the molecule is CCOCC(=O)N1CCC(OCCO)CC1. The minimum atomic E-state index is 0.0578. The predicted molar refractivity (Wildman–Crippen MR) is 59.1 cm³/mol. The monoisotopic (exact) mass is 231 g/mol. The van der Waals surface area contributed by atoms with Gasteiger partial charge in [0.05, 0.1) is 19.3 Å². The van der Waals surface area contributed by atoms with Crippen molar-refractivity contribution in [2.75, 3.05) is 39.5 Å². The first-order chi connectivity index (χ1) is 7.77. The molecule has 1 heterocycles. The first-order valence-corrected chi connectivity index (χ1v) is 5.86. The molecule has 94 valence electrons. The van der Waals surface area contributed by atoms with Gasteiger partial charge in [-0.05, 0) is 19.8 Å². The fraction of sp³-hybridized carbons (Fsp3) is 0.909. The summed E-state index contributed by atoms with van der Waals surface area (Å²) in [6.45, 7) is 4.52. The average molecular weight is 231 g/mol. The Morgan fingerprint density at radius 3 is 2.69 bits per heavy atom. The number of piperidine rings is 1. The first-order valence-electron chi connectivity index (χ1n) is 5.86. The largest absolute Gasteiger partial charge is 0.394 e. The van der Waals surface area contributed by atoms with E-state index in [1.807, 2.05) is 11.8 Å². The van der Waals surface area contributed by atoms with Crippen molar-refractivity contribution < 1.29 is 19.4 Å². The molecule has 0 spiro atoms. The van der Waals surface area contributed by atoms with Crippen LogP contribution in [-0.2, 0) is 14.3 Å². The highest BCUT2D eigenvalue weighted by molar-refractivity contribution is 5.77. The van der Waals surface area contributed by atoms with Crippen molar-refractivity contribution >= 4 is 5.91 Å². The lowest BCUT2D eigenvalue weighted by Crippen LogP contribution is -2.42. The minimum Gasteiger partial charge on any atom is -0.394 e. The molecule has 1 rings (SSSR count). The number of nitrogens with zero attached hydrogens (tertiary/aromatic N) is 1. The summed E-state index contributed by atoms with van der Waals surface area (Å²) in [4.78, 5) is 13.4. The number of amides is 1. The molecule has 1 amide bonds. The summed E-state index contributed by atoms with van der Waals surface area (Å²) in [5.41, 5.74) is 0. The van der Waals surface area contributed by atoms with Gasteiger partial charge in [-0.3, -0.25) is 4.79 Å². The third-order valence-electron chi connectivity index (χ3n) is 2.67. The molecule has 16 heavy (non-hydrogen) atoms. The van der Waals surface area contributed by atoms with Gasteiger partial charge >= 0.3 is 0 Å². The Balaban J connectivity index is 2.18. The van der Waals surface area contributed by atoms with Crippen molar-refractivity contribution in [3.05, 3.63) is 0 Å². The van der Waals surface area contributed by atoms with E-state index in [1.165, 1.54) is 0 Å². The van der Waals surface area contributed by atoms with Crippen LogP contribution in [0.15, 0.2) is 0 Å². The molecule has 0 aromatic carbocycles. The van der Waals surface area contributed by atoms with E-state index in [9.17, 15) is 4.79 Å². The van der Waals surface area contributed by atoms with E-state index >= 15 is 0 Å². The number of aliphatic hydroxyl groups is 1. The summed E-state index contributed by atoms with van der Waals surface area (Å²) in [5, 5.41) is 8.63. The van der Waals surface area contributed by atoms with E-state index in [0.717, 1.165) is 25.9 Å². The van der Waals surface area contributed by atoms with Gasteiger partial charge in [-0.25, -0.2) is 0 Å². The lowest BCUT2D eigenvalue weighted by atomic mass is 10.1. The summed E-state index contributed by atoms with van der Waals surface area (Å²) in [6, 6.07) is 0. The molecule has 0 radical (unpaired) electrons. The van der Waals surface area contributed by atoms with Gasteiger partial charge in [0, 0.05) is 19.7 Å². The van der Waals surface area contributed by atoms with E-state index in [-0.39, 0.29) is 25.2 Å². The van der Waals surface area contributed by atoms with E-state index in [0.29, 0.717) is 13.2 Å². The number of carbonyl (C=O) groups is 1. The fourth-order valence-corrected chi connectivity index (χ4v) is 1.77. The lowest BCUT2D eigenvalue weighted by Gasteiger charge is -2.31. The molecule has 1 aliphatic heterocycles. The van der Waals surface area contributed by atoms with Gasteiger partial charge in [-0.2, -0.15) is 0 Å². The highest BCUT2D eigenvalue weighted by Crippen LogP contribution is 2.13. The molecule has 0 atom stereocenters. The number of hydrogen-bond donors (Lipinski definition) is 1. The Labute approximate surface area is 96.3 Å². The second-order valence-electron chi connectivity index (χ2n) is 3.81. The number of aliphatic hydroxyl groups excluding tert-OH is 1. The van der Waals surface area contributed by atoms with Crippen LogP contribution in [0.25, 0.3) is 0 Å². The van der Waals surface area contributed by atoms with Crippen LogP contribution in [0.2, 0.25) is 0 Å². The van der Waals surface area contributed by atoms with Crippen molar-refractivity contribution in [2.24, 2.45) is 0 Å². The van der Waals surface area contributed by atoms with E-state index in [2.05, 4.69) is 0 Å². The molecule has 5 nitrogen and oxygen atoms in total.